The molecule has 5 heteroatoms. The largest absolute Gasteiger partial charge is 0.462 e. The summed E-state index contributed by atoms with van der Waals surface area (Å²) in [6.45, 7) is 3.52. The minimum atomic E-state index is -0.847. The molecule has 0 saturated heterocycles. The molecule has 0 saturated carbocycles. The van der Waals surface area contributed by atoms with Crippen LogP contribution in [0.15, 0.2) is 18.2 Å². The predicted molar refractivity (Wildman–Crippen MR) is 76.4 cm³/mol. The van der Waals surface area contributed by atoms with Crippen molar-refractivity contribution in [3.05, 3.63) is 23.8 Å². The molecule has 0 fully saturated rings. The van der Waals surface area contributed by atoms with Gasteiger partial charge in [0.25, 0.3) is 0 Å². The summed E-state index contributed by atoms with van der Waals surface area (Å²) < 4.78 is 5.17. The number of hydrogen-bond donors (Lipinski definition) is 2. The summed E-state index contributed by atoms with van der Waals surface area (Å²) in [5, 5.41) is 9.57. The Labute approximate surface area is 114 Å². The minimum absolute atomic E-state index is 0.171. The first-order valence-electron chi connectivity index (χ1n) is 6.17. The van der Waals surface area contributed by atoms with Gasteiger partial charge in [-0.3, -0.25) is 0 Å². The van der Waals surface area contributed by atoms with E-state index in [9.17, 15) is 9.90 Å². The van der Waals surface area contributed by atoms with Crippen molar-refractivity contribution in [3.63, 3.8) is 0 Å². The highest BCUT2D eigenvalue weighted by atomic mass is 16.5. The van der Waals surface area contributed by atoms with Crippen LogP contribution >= 0.6 is 0 Å². The van der Waals surface area contributed by atoms with E-state index in [1.807, 2.05) is 19.0 Å². The SMILES string of the molecule is CN(C)c1ccc(N)cc1C(=O)OCCC(C)(C)O. The highest BCUT2D eigenvalue weighted by molar-refractivity contribution is 5.96. The Kier molecular flexibility index (Phi) is 4.78. The molecule has 0 bridgehead atoms. The molecule has 0 aliphatic carbocycles. The highest BCUT2D eigenvalue weighted by Gasteiger charge is 2.17. The zero-order valence-electron chi connectivity index (χ0n) is 11.9. The first-order valence-corrected chi connectivity index (χ1v) is 6.17. The molecule has 3 N–H and O–H groups in total. The van der Waals surface area contributed by atoms with Gasteiger partial charge in [-0.15, -0.1) is 0 Å². The average Bonchev–Trinajstić information content (AvgIpc) is 2.26. The van der Waals surface area contributed by atoms with E-state index >= 15 is 0 Å². The normalized spacial score (nSPS) is 11.2. The topological polar surface area (TPSA) is 75.8 Å². The number of rotatable bonds is 5. The maximum absolute atomic E-state index is 12.0. The van der Waals surface area contributed by atoms with Crippen molar-refractivity contribution in [2.24, 2.45) is 0 Å². The van der Waals surface area contributed by atoms with Crippen LogP contribution in [0.5, 0.6) is 0 Å². The predicted octanol–water partition coefficient (Wildman–Crippen LogP) is 1.65. The number of hydrogen-bond acceptors (Lipinski definition) is 5. The second-order valence-electron chi connectivity index (χ2n) is 5.37. The van der Waals surface area contributed by atoms with Gasteiger partial charge in [-0.25, -0.2) is 4.79 Å². The molecule has 1 aromatic carbocycles. The molecule has 0 spiro atoms. The molecular formula is C14H22N2O3. The maximum Gasteiger partial charge on any atom is 0.340 e. The summed E-state index contributed by atoms with van der Waals surface area (Å²) in [6.07, 6.45) is 0.387. The van der Waals surface area contributed by atoms with Gasteiger partial charge in [0, 0.05) is 26.2 Å². The minimum Gasteiger partial charge on any atom is -0.462 e. The van der Waals surface area contributed by atoms with Crippen LogP contribution in [-0.2, 0) is 4.74 Å². The highest BCUT2D eigenvalue weighted by Crippen LogP contribution is 2.22. The Morgan fingerprint density at radius 3 is 2.58 bits per heavy atom. The van der Waals surface area contributed by atoms with Crippen LogP contribution in [0.2, 0.25) is 0 Å². The van der Waals surface area contributed by atoms with E-state index < -0.39 is 11.6 Å². The molecule has 0 aliphatic heterocycles. The zero-order valence-corrected chi connectivity index (χ0v) is 11.9. The third kappa shape index (κ3) is 4.79. The number of nitrogen functional groups attached to an aromatic ring is 1. The van der Waals surface area contributed by atoms with Gasteiger partial charge in [-0.2, -0.15) is 0 Å². The average molecular weight is 266 g/mol. The molecule has 0 heterocycles. The number of nitrogens with two attached hydrogens (primary N) is 1. The quantitative estimate of drug-likeness (QED) is 0.626. The summed E-state index contributed by atoms with van der Waals surface area (Å²) in [6, 6.07) is 5.12. The fraction of sp³-hybridized carbons (Fsp3) is 0.500. The number of carbonyl (C=O) groups is 1. The molecule has 0 amide bonds. The summed E-state index contributed by atoms with van der Waals surface area (Å²) in [5.74, 6) is -0.430. The zero-order chi connectivity index (χ0) is 14.6. The van der Waals surface area contributed by atoms with Crippen molar-refractivity contribution in [1.29, 1.82) is 0 Å². The fourth-order valence-corrected chi connectivity index (χ4v) is 1.58. The molecule has 0 radical (unpaired) electrons. The van der Waals surface area contributed by atoms with Crippen molar-refractivity contribution >= 4 is 17.3 Å². The first-order chi connectivity index (χ1) is 8.70. The molecular weight excluding hydrogens is 244 g/mol. The molecule has 0 unspecified atom stereocenters. The van der Waals surface area contributed by atoms with Crippen LogP contribution < -0.4 is 10.6 Å². The summed E-state index contributed by atoms with van der Waals surface area (Å²) in [5.41, 5.74) is 6.55. The molecule has 106 valence electrons. The summed E-state index contributed by atoms with van der Waals surface area (Å²) in [7, 11) is 3.69. The molecule has 0 aliphatic rings. The Morgan fingerprint density at radius 1 is 1.42 bits per heavy atom. The molecule has 1 aromatic rings. The second kappa shape index (κ2) is 5.93. The van der Waals surface area contributed by atoms with Gasteiger partial charge in [-0.05, 0) is 32.0 Å². The lowest BCUT2D eigenvalue weighted by Gasteiger charge is -2.19. The molecule has 0 atom stereocenters. The Balaban J connectivity index is 2.79. The van der Waals surface area contributed by atoms with E-state index in [4.69, 9.17) is 10.5 Å². The van der Waals surface area contributed by atoms with Gasteiger partial charge in [0.05, 0.1) is 23.5 Å². The van der Waals surface area contributed by atoms with E-state index in [0.29, 0.717) is 17.7 Å². The van der Waals surface area contributed by atoms with Crippen molar-refractivity contribution in [3.8, 4) is 0 Å². The van der Waals surface area contributed by atoms with Crippen molar-refractivity contribution in [2.45, 2.75) is 25.9 Å². The number of esters is 1. The molecule has 0 aromatic heterocycles. The number of anilines is 2. The number of carbonyl (C=O) groups excluding carboxylic acids is 1. The lowest BCUT2D eigenvalue weighted by atomic mass is 10.1. The Hall–Kier alpha value is -1.75. The van der Waals surface area contributed by atoms with Gasteiger partial charge in [0.2, 0.25) is 0 Å². The maximum atomic E-state index is 12.0. The Bertz CT molecular complexity index is 450. The van der Waals surface area contributed by atoms with E-state index in [2.05, 4.69) is 0 Å². The van der Waals surface area contributed by atoms with Crippen LogP contribution in [0.25, 0.3) is 0 Å². The van der Waals surface area contributed by atoms with Crippen LogP contribution in [0.4, 0.5) is 11.4 Å². The number of aliphatic hydroxyl groups is 1. The van der Waals surface area contributed by atoms with E-state index in [1.54, 1.807) is 32.0 Å². The van der Waals surface area contributed by atoms with Crippen molar-refractivity contribution in [2.75, 3.05) is 31.3 Å². The number of nitrogens with zero attached hydrogens (tertiary/aromatic N) is 1. The lowest BCUT2D eigenvalue weighted by Crippen LogP contribution is -2.23. The standard InChI is InChI=1S/C14H22N2O3/c1-14(2,18)7-8-19-13(17)11-9-10(15)5-6-12(11)16(3)4/h5-6,9,18H,7-8,15H2,1-4H3. The summed E-state index contributed by atoms with van der Waals surface area (Å²) in [4.78, 5) is 13.8. The van der Waals surface area contributed by atoms with Crippen LogP contribution in [0.3, 0.4) is 0 Å². The lowest BCUT2D eigenvalue weighted by molar-refractivity contribution is 0.0245. The van der Waals surface area contributed by atoms with Crippen molar-refractivity contribution < 1.29 is 14.6 Å². The van der Waals surface area contributed by atoms with Crippen LogP contribution in [-0.4, -0.2) is 37.4 Å². The summed E-state index contributed by atoms with van der Waals surface area (Å²) >= 11 is 0. The van der Waals surface area contributed by atoms with Gasteiger partial charge in [0.1, 0.15) is 0 Å². The van der Waals surface area contributed by atoms with Gasteiger partial charge in [-0.1, -0.05) is 0 Å². The molecule has 19 heavy (non-hydrogen) atoms. The molecule has 1 rings (SSSR count). The van der Waals surface area contributed by atoms with Crippen LogP contribution in [0, 0.1) is 0 Å². The van der Waals surface area contributed by atoms with E-state index in [1.165, 1.54) is 0 Å². The fourth-order valence-electron chi connectivity index (χ4n) is 1.58. The van der Waals surface area contributed by atoms with E-state index in [0.717, 1.165) is 5.69 Å². The third-order valence-electron chi connectivity index (χ3n) is 2.67. The van der Waals surface area contributed by atoms with Gasteiger partial charge >= 0.3 is 5.97 Å². The Morgan fingerprint density at radius 2 is 2.05 bits per heavy atom. The van der Waals surface area contributed by atoms with Crippen LogP contribution in [0.1, 0.15) is 30.6 Å². The second-order valence-corrected chi connectivity index (χ2v) is 5.37. The number of benzene rings is 1. The third-order valence-corrected chi connectivity index (χ3v) is 2.67. The van der Waals surface area contributed by atoms with Crippen molar-refractivity contribution in [1.82, 2.24) is 0 Å². The van der Waals surface area contributed by atoms with Gasteiger partial charge < -0.3 is 20.5 Å². The monoisotopic (exact) mass is 266 g/mol. The smallest absolute Gasteiger partial charge is 0.340 e. The van der Waals surface area contributed by atoms with Gasteiger partial charge in [0.15, 0.2) is 0 Å². The molecule has 5 nitrogen and oxygen atoms in total. The first kappa shape index (κ1) is 15.3. The van der Waals surface area contributed by atoms with E-state index in [-0.39, 0.29) is 6.61 Å². The number of ether oxygens (including phenoxy) is 1.